The molecule has 1 aliphatic carbocycles. The summed E-state index contributed by atoms with van der Waals surface area (Å²) in [6.07, 6.45) is 3.62. The molecule has 1 aliphatic rings. The SMILES string of the molecule is CCc1nc(C(NC2CC2)c2cc(Br)cs2)sc1C. The molecule has 0 saturated heterocycles. The van der Waals surface area contributed by atoms with Gasteiger partial charge in [-0.1, -0.05) is 6.92 Å². The van der Waals surface area contributed by atoms with Gasteiger partial charge in [0.05, 0.1) is 11.7 Å². The molecule has 2 aromatic rings. The van der Waals surface area contributed by atoms with E-state index in [9.17, 15) is 0 Å². The normalized spacial score (nSPS) is 16.8. The summed E-state index contributed by atoms with van der Waals surface area (Å²) in [4.78, 5) is 7.56. The number of aromatic nitrogens is 1. The molecule has 102 valence electrons. The van der Waals surface area contributed by atoms with Crippen LogP contribution in [0.15, 0.2) is 15.9 Å². The van der Waals surface area contributed by atoms with E-state index < -0.39 is 0 Å². The summed E-state index contributed by atoms with van der Waals surface area (Å²) in [5.41, 5.74) is 1.25. The van der Waals surface area contributed by atoms with Crippen molar-refractivity contribution in [3.63, 3.8) is 0 Å². The van der Waals surface area contributed by atoms with Gasteiger partial charge in [0.2, 0.25) is 0 Å². The largest absolute Gasteiger partial charge is 0.301 e. The maximum absolute atomic E-state index is 4.84. The minimum atomic E-state index is 0.271. The van der Waals surface area contributed by atoms with Crippen molar-refractivity contribution in [3.8, 4) is 0 Å². The Bertz CT molecular complexity index is 572. The lowest BCUT2D eigenvalue weighted by Crippen LogP contribution is -2.23. The van der Waals surface area contributed by atoms with Crippen LogP contribution in [0.3, 0.4) is 0 Å². The lowest BCUT2D eigenvalue weighted by atomic mass is 10.2. The second-order valence-corrected chi connectivity index (χ2v) is 8.04. The van der Waals surface area contributed by atoms with E-state index in [0.717, 1.165) is 6.42 Å². The van der Waals surface area contributed by atoms with Gasteiger partial charge in [-0.3, -0.25) is 0 Å². The Hall–Kier alpha value is -0.230. The monoisotopic (exact) mass is 356 g/mol. The van der Waals surface area contributed by atoms with Crippen molar-refractivity contribution in [2.24, 2.45) is 0 Å². The first kappa shape index (κ1) is 13.7. The van der Waals surface area contributed by atoms with Crippen LogP contribution < -0.4 is 5.32 Å². The molecule has 3 rings (SSSR count). The van der Waals surface area contributed by atoms with Gasteiger partial charge in [-0.15, -0.1) is 22.7 Å². The minimum absolute atomic E-state index is 0.271. The quantitative estimate of drug-likeness (QED) is 0.841. The van der Waals surface area contributed by atoms with Crippen molar-refractivity contribution in [3.05, 3.63) is 36.4 Å². The number of nitrogens with one attached hydrogen (secondary N) is 1. The number of hydrogen-bond acceptors (Lipinski definition) is 4. The highest BCUT2D eigenvalue weighted by Gasteiger charge is 2.29. The van der Waals surface area contributed by atoms with E-state index in [1.54, 1.807) is 11.3 Å². The van der Waals surface area contributed by atoms with Gasteiger partial charge >= 0.3 is 0 Å². The molecule has 0 spiro atoms. The number of nitrogens with zero attached hydrogens (tertiary/aromatic N) is 1. The molecule has 0 aliphatic heterocycles. The molecule has 0 aromatic carbocycles. The average molecular weight is 357 g/mol. The molecule has 1 fully saturated rings. The molecule has 5 heteroatoms. The highest BCUT2D eigenvalue weighted by Crippen LogP contribution is 2.35. The zero-order valence-electron chi connectivity index (χ0n) is 11.1. The summed E-state index contributed by atoms with van der Waals surface area (Å²) in [5.74, 6) is 0. The van der Waals surface area contributed by atoms with Crippen LogP contribution in [0.25, 0.3) is 0 Å². The maximum Gasteiger partial charge on any atom is 0.115 e. The lowest BCUT2D eigenvalue weighted by Gasteiger charge is -2.14. The third kappa shape index (κ3) is 3.10. The Morgan fingerprint density at radius 2 is 2.32 bits per heavy atom. The third-order valence-electron chi connectivity index (χ3n) is 3.34. The van der Waals surface area contributed by atoms with Crippen LogP contribution >= 0.6 is 38.6 Å². The van der Waals surface area contributed by atoms with Gasteiger partial charge in [0.25, 0.3) is 0 Å². The summed E-state index contributed by atoms with van der Waals surface area (Å²) in [7, 11) is 0. The van der Waals surface area contributed by atoms with Crippen LogP contribution in [0, 0.1) is 6.92 Å². The summed E-state index contributed by atoms with van der Waals surface area (Å²) in [5, 5.41) is 7.11. The van der Waals surface area contributed by atoms with E-state index in [0.29, 0.717) is 6.04 Å². The molecule has 0 radical (unpaired) electrons. The summed E-state index contributed by atoms with van der Waals surface area (Å²) in [6.45, 7) is 4.36. The molecule has 0 bridgehead atoms. The molecule has 2 heterocycles. The highest BCUT2D eigenvalue weighted by molar-refractivity contribution is 9.10. The van der Waals surface area contributed by atoms with Crippen LogP contribution in [-0.4, -0.2) is 11.0 Å². The minimum Gasteiger partial charge on any atom is -0.301 e. The summed E-state index contributed by atoms with van der Waals surface area (Å²) < 4.78 is 1.17. The molecule has 1 unspecified atom stereocenters. The standard InChI is InChI=1S/C14H17BrN2S2/c1-3-11-8(2)19-14(17-11)13(16-10-4-5-10)12-6-9(15)7-18-12/h6-7,10,13,16H,3-5H2,1-2H3. The van der Waals surface area contributed by atoms with E-state index in [4.69, 9.17) is 4.98 Å². The lowest BCUT2D eigenvalue weighted by molar-refractivity contribution is 0.604. The Morgan fingerprint density at radius 1 is 1.53 bits per heavy atom. The van der Waals surface area contributed by atoms with Crippen LogP contribution in [0.2, 0.25) is 0 Å². The van der Waals surface area contributed by atoms with Crippen LogP contribution in [0.1, 0.15) is 46.3 Å². The van der Waals surface area contributed by atoms with Gasteiger partial charge in [0.1, 0.15) is 5.01 Å². The number of halogens is 1. The first-order valence-electron chi connectivity index (χ1n) is 6.63. The highest BCUT2D eigenvalue weighted by atomic mass is 79.9. The summed E-state index contributed by atoms with van der Waals surface area (Å²) in [6, 6.07) is 3.17. The van der Waals surface area contributed by atoms with E-state index in [-0.39, 0.29) is 6.04 Å². The second kappa shape index (κ2) is 5.64. The van der Waals surface area contributed by atoms with Gasteiger partial charge in [0.15, 0.2) is 0 Å². The predicted octanol–water partition coefficient (Wildman–Crippen LogP) is 4.68. The van der Waals surface area contributed by atoms with Crippen molar-refractivity contribution < 1.29 is 0 Å². The number of rotatable bonds is 5. The topological polar surface area (TPSA) is 24.9 Å². The Kier molecular flexibility index (Phi) is 4.08. The number of hydrogen-bond donors (Lipinski definition) is 1. The van der Waals surface area contributed by atoms with Gasteiger partial charge in [-0.05, 0) is 48.2 Å². The molecule has 1 N–H and O–H groups in total. The van der Waals surface area contributed by atoms with E-state index in [2.05, 4.69) is 46.5 Å². The van der Waals surface area contributed by atoms with Crippen LogP contribution in [0.5, 0.6) is 0 Å². The van der Waals surface area contributed by atoms with E-state index in [1.807, 2.05) is 11.3 Å². The number of aryl methyl sites for hydroxylation is 2. The van der Waals surface area contributed by atoms with Gasteiger partial charge < -0.3 is 5.32 Å². The van der Waals surface area contributed by atoms with Crippen molar-refractivity contribution in [1.29, 1.82) is 0 Å². The second-order valence-electron chi connectivity index (χ2n) is 4.95. The third-order valence-corrected chi connectivity index (χ3v) is 6.18. The average Bonchev–Trinajstić information content (AvgIpc) is 2.99. The molecular weight excluding hydrogens is 340 g/mol. The van der Waals surface area contributed by atoms with Crippen molar-refractivity contribution in [2.75, 3.05) is 0 Å². The molecule has 2 nitrogen and oxygen atoms in total. The fraction of sp³-hybridized carbons (Fsp3) is 0.500. The van der Waals surface area contributed by atoms with Gasteiger partial charge in [-0.2, -0.15) is 0 Å². The van der Waals surface area contributed by atoms with Crippen LogP contribution in [-0.2, 0) is 6.42 Å². The van der Waals surface area contributed by atoms with Gasteiger partial charge in [0, 0.05) is 25.6 Å². The Morgan fingerprint density at radius 3 is 2.84 bits per heavy atom. The molecule has 1 atom stereocenters. The first-order chi connectivity index (χ1) is 9.17. The zero-order chi connectivity index (χ0) is 13.4. The smallest absolute Gasteiger partial charge is 0.115 e. The molecule has 2 aromatic heterocycles. The predicted molar refractivity (Wildman–Crippen MR) is 86.2 cm³/mol. The Labute approximate surface area is 130 Å². The van der Waals surface area contributed by atoms with Crippen molar-refractivity contribution >= 4 is 38.6 Å². The van der Waals surface area contributed by atoms with Crippen molar-refractivity contribution in [1.82, 2.24) is 10.3 Å². The fourth-order valence-electron chi connectivity index (χ4n) is 2.14. The molecule has 19 heavy (non-hydrogen) atoms. The van der Waals surface area contributed by atoms with Gasteiger partial charge in [-0.25, -0.2) is 4.98 Å². The van der Waals surface area contributed by atoms with Crippen LogP contribution in [0.4, 0.5) is 0 Å². The van der Waals surface area contributed by atoms with E-state index in [1.165, 1.54) is 37.8 Å². The molecular formula is C14H17BrN2S2. The van der Waals surface area contributed by atoms with Crippen molar-refractivity contribution in [2.45, 2.75) is 45.2 Å². The molecule has 1 saturated carbocycles. The number of thiazole rings is 1. The maximum atomic E-state index is 4.84. The Balaban J connectivity index is 1.92. The summed E-state index contributed by atoms with van der Waals surface area (Å²) >= 11 is 7.19. The first-order valence-corrected chi connectivity index (χ1v) is 9.12. The fourth-order valence-corrected chi connectivity index (χ4v) is 4.81. The zero-order valence-corrected chi connectivity index (χ0v) is 14.3. The molecule has 0 amide bonds. The number of thiophene rings is 1. The van der Waals surface area contributed by atoms with E-state index >= 15 is 0 Å².